The molecule has 0 spiro atoms. The summed E-state index contributed by atoms with van der Waals surface area (Å²) in [7, 11) is -2.41. The average Bonchev–Trinajstić information content (AvgIpc) is 2.15. The van der Waals surface area contributed by atoms with E-state index >= 15 is 0 Å². The molecule has 0 fully saturated rings. The molecule has 1 aromatic heterocycles. The van der Waals surface area contributed by atoms with Crippen molar-refractivity contribution < 1.29 is 8.42 Å². The zero-order valence-electron chi connectivity index (χ0n) is 5.07. The summed E-state index contributed by atoms with van der Waals surface area (Å²) in [4.78, 5) is 0. The van der Waals surface area contributed by atoms with Gasteiger partial charge in [-0.1, -0.05) is 0 Å². The van der Waals surface area contributed by atoms with Gasteiger partial charge in [-0.2, -0.15) is 5.10 Å². The second-order valence-electron chi connectivity index (χ2n) is 1.79. The van der Waals surface area contributed by atoms with Crippen molar-refractivity contribution in [2.24, 2.45) is 0 Å². The first kappa shape index (κ1) is 7.07. The van der Waals surface area contributed by atoms with Gasteiger partial charge in [0, 0.05) is 11.8 Å². The summed E-state index contributed by atoms with van der Waals surface area (Å²) in [5.74, 6) is 0.205. The second-order valence-corrected chi connectivity index (χ2v) is 2.77. The summed E-state index contributed by atoms with van der Waals surface area (Å²) in [5.41, 5.74) is 5.80. The highest BCUT2D eigenvalue weighted by Crippen LogP contribution is 2.05. The van der Waals surface area contributed by atoms with Gasteiger partial charge < -0.3 is 5.73 Å². The molecule has 0 amide bonds. The van der Waals surface area contributed by atoms with E-state index in [0.29, 0.717) is 5.56 Å². The van der Waals surface area contributed by atoms with Crippen LogP contribution in [-0.4, -0.2) is 18.6 Å². The number of nitrogen functional groups attached to an aromatic ring is 1. The summed E-state index contributed by atoms with van der Waals surface area (Å²) in [6, 6.07) is 0. The quantitative estimate of drug-likeness (QED) is 0.490. The lowest BCUT2D eigenvalue weighted by Crippen LogP contribution is -1.92. The van der Waals surface area contributed by atoms with Crippen molar-refractivity contribution >= 4 is 16.5 Å². The van der Waals surface area contributed by atoms with Crippen molar-refractivity contribution in [3.63, 3.8) is 0 Å². The molecule has 0 aliphatic carbocycles. The van der Waals surface area contributed by atoms with Crippen molar-refractivity contribution in [3.8, 4) is 0 Å². The molecule has 1 rings (SSSR count). The van der Waals surface area contributed by atoms with Crippen molar-refractivity contribution in [1.29, 1.82) is 0 Å². The van der Waals surface area contributed by atoms with Gasteiger partial charge in [-0.25, -0.2) is 8.42 Å². The maximum Gasteiger partial charge on any atom is 0.149 e. The van der Waals surface area contributed by atoms with E-state index in [9.17, 15) is 8.42 Å². The average molecular weight is 161 g/mol. The number of thiol groups is 1. The number of nitrogens with one attached hydrogen (secondary N) is 1. The predicted octanol–water partition coefficient (Wildman–Crippen LogP) is -0.897. The fourth-order valence-electron chi connectivity index (χ4n) is 0.591. The highest BCUT2D eigenvalue weighted by atomic mass is 32.2. The molecule has 10 heavy (non-hydrogen) atoms. The Balaban J connectivity index is 2.84. The fourth-order valence-corrected chi connectivity index (χ4v) is 1.12. The Kier molecular flexibility index (Phi) is 1.91. The zero-order valence-corrected chi connectivity index (χ0v) is 5.97. The first-order valence-electron chi connectivity index (χ1n) is 2.60. The third-order valence-electron chi connectivity index (χ3n) is 1.05. The molecule has 0 aliphatic rings. The Labute approximate surface area is 59.2 Å². The van der Waals surface area contributed by atoms with E-state index < -0.39 is 10.7 Å². The van der Waals surface area contributed by atoms with Gasteiger partial charge in [-0.3, -0.25) is 5.10 Å². The van der Waals surface area contributed by atoms with E-state index in [1.165, 1.54) is 6.20 Å². The Morgan fingerprint density at radius 1 is 1.70 bits per heavy atom. The van der Waals surface area contributed by atoms with Crippen LogP contribution in [0.5, 0.6) is 0 Å². The van der Waals surface area contributed by atoms with Crippen LogP contribution < -0.4 is 5.73 Å². The highest BCUT2D eigenvalue weighted by molar-refractivity contribution is 7.71. The molecular formula is C4H7N3O2S. The lowest BCUT2D eigenvalue weighted by atomic mass is 10.4. The zero-order chi connectivity index (χ0) is 7.56. The van der Waals surface area contributed by atoms with Crippen LogP contribution in [0.2, 0.25) is 0 Å². The molecule has 56 valence electrons. The molecule has 0 saturated heterocycles. The highest BCUT2D eigenvalue weighted by Gasteiger charge is 2.00. The van der Waals surface area contributed by atoms with Crippen molar-refractivity contribution in [1.82, 2.24) is 10.2 Å². The molecule has 1 heterocycles. The molecule has 3 N–H and O–H groups in total. The van der Waals surface area contributed by atoms with Crippen LogP contribution in [0.3, 0.4) is 0 Å². The summed E-state index contributed by atoms with van der Waals surface area (Å²) < 4.78 is 20.3. The number of rotatable bonds is 2. The van der Waals surface area contributed by atoms with Crippen LogP contribution in [0.15, 0.2) is 6.20 Å². The minimum Gasteiger partial charge on any atom is -0.382 e. The molecule has 5 nitrogen and oxygen atoms in total. The molecule has 0 bridgehead atoms. The number of H-pyrrole nitrogens is 1. The number of aromatic amines is 1. The van der Waals surface area contributed by atoms with Crippen molar-refractivity contribution in [2.45, 2.75) is 5.75 Å². The van der Waals surface area contributed by atoms with Gasteiger partial charge in [0.1, 0.15) is 16.5 Å². The summed E-state index contributed by atoms with van der Waals surface area (Å²) >= 11 is 0. The Hall–Kier alpha value is -1.04. The number of hydrogen-bond donors (Lipinski definition) is 3. The van der Waals surface area contributed by atoms with E-state index in [1.807, 2.05) is 0 Å². The lowest BCUT2D eigenvalue weighted by molar-refractivity contribution is 0.614. The molecule has 0 unspecified atom stereocenters. The molecule has 0 radical (unpaired) electrons. The SMILES string of the molecule is Nc1n[nH]cc1C[SH](=O)=O. The monoisotopic (exact) mass is 161 g/mol. The lowest BCUT2D eigenvalue weighted by Gasteiger charge is -1.86. The van der Waals surface area contributed by atoms with E-state index in [0.717, 1.165) is 0 Å². The molecule has 0 saturated carbocycles. The van der Waals surface area contributed by atoms with Crippen LogP contribution in [-0.2, 0) is 16.5 Å². The van der Waals surface area contributed by atoms with Crippen LogP contribution in [0, 0.1) is 0 Å². The summed E-state index contributed by atoms with van der Waals surface area (Å²) in [6.45, 7) is 0. The summed E-state index contributed by atoms with van der Waals surface area (Å²) in [5, 5.41) is 6.02. The number of anilines is 1. The fraction of sp³-hybridized carbons (Fsp3) is 0.250. The molecule has 0 atom stereocenters. The molecule has 6 heteroatoms. The molecule has 1 aromatic rings. The van der Waals surface area contributed by atoms with Gasteiger partial charge >= 0.3 is 0 Å². The van der Waals surface area contributed by atoms with Crippen LogP contribution in [0.1, 0.15) is 5.56 Å². The van der Waals surface area contributed by atoms with E-state index in [1.54, 1.807) is 0 Å². The largest absolute Gasteiger partial charge is 0.382 e. The van der Waals surface area contributed by atoms with Crippen molar-refractivity contribution in [3.05, 3.63) is 11.8 Å². The Morgan fingerprint density at radius 2 is 2.40 bits per heavy atom. The maximum absolute atomic E-state index is 10.2. The van der Waals surface area contributed by atoms with Crippen LogP contribution in [0.4, 0.5) is 5.82 Å². The van der Waals surface area contributed by atoms with E-state index in [4.69, 9.17) is 5.73 Å². The number of nitrogens with zero attached hydrogens (tertiary/aromatic N) is 1. The molecule has 0 aromatic carbocycles. The third-order valence-corrected chi connectivity index (χ3v) is 1.65. The van der Waals surface area contributed by atoms with E-state index in [-0.39, 0.29) is 11.6 Å². The minimum absolute atomic E-state index is 0.0440. The smallest absolute Gasteiger partial charge is 0.149 e. The predicted molar refractivity (Wildman–Crippen MR) is 37.0 cm³/mol. The Morgan fingerprint density at radius 3 is 2.80 bits per heavy atom. The number of aromatic nitrogens is 2. The summed E-state index contributed by atoms with van der Waals surface area (Å²) in [6.07, 6.45) is 1.47. The third kappa shape index (κ3) is 1.47. The normalized spacial score (nSPS) is 10.5. The van der Waals surface area contributed by atoms with Crippen LogP contribution in [0.25, 0.3) is 0 Å². The first-order chi connectivity index (χ1) is 4.70. The Bertz CT molecular complexity index is 282. The second kappa shape index (κ2) is 2.70. The van der Waals surface area contributed by atoms with Crippen LogP contribution >= 0.6 is 0 Å². The van der Waals surface area contributed by atoms with E-state index in [2.05, 4.69) is 10.2 Å². The van der Waals surface area contributed by atoms with Gasteiger partial charge in [-0.05, 0) is 0 Å². The molecule has 0 aliphatic heterocycles. The standard InChI is InChI=1S/C4H7N3O2S/c5-4-3(1-6-7-4)2-10(8)9/h1,10H,2H2,(H3,5,6,7). The van der Waals surface area contributed by atoms with Gasteiger partial charge in [0.05, 0.1) is 5.75 Å². The topological polar surface area (TPSA) is 88.8 Å². The van der Waals surface area contributed by atoms with Gasteiger partial charge in [0.25, 0.3) is 0 Å². The maximum atomic E-state index is 10.2. The number of nitrogens with two attached hydrogens (primary N) is 1. The van der Waals surface area contributed by atoms with Gasteiger partial charge in [0.2, 0.25) is 0 Å². The van der Waals surface area contributed by atoms with Gasteiger partial charge in [0.15, 0.2) is 0 Å². The molecular weight excluding hydrogens is 154 g/mol. The minimum atomic E-state index is -2.41. The van der Waals surface area contributed by atoms with Crippen molar-refractivity contribution in [2.75, 3.05) is 5.73 Å². The number of hydrogen-bond acceptors (Lipinski definition) is 4. The van der Waals surface area contributed by atoms with Gasteiger partial charge in [-0.15, -0.1) is 0 Å². The first-order valence-corrected chi connectivity index (χ1v) is 3.96.